The fraction of sp³-hybridized carbons (Fsp3) is 0.364. The molecule has 2 aromatic heterocycles. The van der Waals surface area contributed by atoms with Gasteiger partial charge >= 0.3 is 0 Å². The van der Waals surface area contributed by atoms with E-state index >= 15 is 0 Å². The SMILES string of the molecule is CNCCCc1nc(-c2ccc(Cl)cn2)no1. The van der Waals surface area contributed by atoms with Gasteiger partial charge in [0.1, 0.15) is 5.69 Å². The van der Waals surface area contributed by atoms with Gasteiger partial charge in [0.05, 0.1) is 5.02 Å². The highest BCUT2D eigenvalue weighted by atomic mass is 35.5. The van der Waals surface area contributed by atoms with Crippen LogP contribution in [0.1, 0.15) is 12.3 Å². The zero-order valence-electron chi connectivity index (χ0n) is 9.48. The highest BCUT2D eigenvalue weighted by molar-refractivity contribution is 6.30. The van der Waals surface area contributed by atoms with Crippen molar-refractivity contribution in [1.82, 2.24) is 20.4 Å². The molecule has 2 rings (SSSR count). The van der Waals surface area contributed by atoms with E-state index in [0.717, 1.165) is 19.4 Å². The third-order valence-electron chi connectivity index (χ3n) is 2.24. The molecule has 6 heteroatoms. The summed E-state index contributed by atoms with van der Waals surface area (Å²) < 4.78 is 5.13. The Morgan fingerprint density at radius 2 is 2.29 bits per heavy atom. The van der Waals surface area contributed by atoms with Crippen LogP contribution in [-0.4, -0.2) is 28.7 Å². The van der Waals surface area contributed by atoms with Crippen molar-refractivity contribution in [3.05, 3.63) is 29.2 Å². The second kappa shape index (κ2) is 5.75. The van der Waals surface area contributed by atoms with Crippen LogP contribution >= 0.6 is 11.6 Å². The first-order chi connectivity index (χ1) is 8.29. The summed E-state index contributed by atoms with van der Waals surface area (Å²) >= 11 is 5.76. The van der Waals surface area contributed by atoms with Crippen LogP contribution in [0.5, 0.6) is 0 Å². The summed E-state index contributed by atoms with van der Waals surface area (Å²) in [5.41, 5.74) is 0.665. The highest BCUT2D eigenvalue weighted by Crippen LogP contribution is 2.15. The average molecular weight is 253 g/mol. The van der Waals surface area contributed by atoms with E-state index in [1.807, 2.05) is 7.05 Å². The molecule has 0 aliphatic rings. The minimum absolute atomic E-state index is 0.501. The number of pyridine rings is 1. The molecule has 90 valence electrons. The Balaban J connectivity index is 2.04. The van der Waals surface area contributed by atoms with E-state index in [2.05, 4.69) is 20.4 Å². The molecule has 5 nitrogen and oxygen atoms in total. The number of aromatic nitrogens is 3. The number of hydrogen-bond donors (Lipinski definition) is 1. The predicted octanol–water partition coefficient (Wildman–Crippen LogP) is 1.94. The summed E-state index contributed by atoms with van der Waals surface area (Å²) in [6.07, 6.45) is 3.29. The van der Waals surface area contributed by atoms with Crippen LogP contribution in [0.2, 0.25) is 5.02 Å². The van der Waals surface area contributed by atoms with Gasteiger partial charge in [-0.25, -0.2) is 0 Å². The molecule has 0 spiro atoms. The summed E-state index contributed by atoms with van der Waals surface area (Å²) in [6.45, 7) is 0.927. The predicted molar refractivity (Wildman–Crippen MR) is 64.8 cm³/mol. The molecular formula is C11H13ClN4O. The van der Waals surface area contributed by atoms with Crippen molar-refractivity contribution in [3.63, 3.8) is 0 Å². The van der Waals surface area contributed by atoms with Gasteiger partial charge in [-0.3, -0.25) is 4.98 Å². The van der Waals surface area contributed by atoms with Gasteiger partial charge in [0, 0.05) is 12.6 Å². The molecule has 0 saturated carbocycles. The zero-order valence-corrected chi connectivity index (χ0v) is 10.2. The number of aryl methyl sites for hydroxylation is 1. The lowest BCUT2D eigenvalue weighted by Crippen LogP contribution is -2.08. The lowest BCUT2D eigenvalue weighted by Gasteiger charge is -1.94. The Bertz CT molecular complexity index is 469. The first kappa shape index (κ1) is 12.0. The molecule has 0 aromatic carbocycles. The molecule has 0 radical (unpaired) electrons. The van der Waals surface area contributed by atoms with Crippen LogP contribution in [0.4, 0.5) is 0 Å². The molecule has 2 aromatic rings. The molecule has 0 unspecified atom stereocenters. The molecule has 2 heterocycles. The average Bonchev–Trinajstić information content (AvgIpc) is 2.79. The molecule has 0 bridgehead atoms. The van der Waals surface area contributed by atoms with Crippen molar-refractivity contribution in [1.29, 1.82) is 0 Å². The van der Waals surface area contributed by atoms with Crippen LogP contribution in [0, 0.1) is 0 Å². The van der Waals surface area contributed by atoms with Gasteiger partial charge in [0.2, 0.25) is 11.7 Å². The highest BCUT2D eigenvalue weighted by Gasteiger charge is 2.09. The van der Waals surface area contributed by atoms with Crippen molar-refractivity contribution >= 4 is 11.6 Å². The molecule has 0 aliphatic heterocycles. The largest absolute Gasteiger partial charge is 0.339 e. The quantitative estimate of drug-likeness (QED) is 0.824. The van der Waals surface area contributed by atoms with Gasteiger partial charge in [0.25, 0.3) is 0 Å². The Morgan fingerprint density at radius 1 is 1.41 bits per heavy atom. The second-order valence-electron chi connectivity index (χ2n) is 3.58. The standard InChI is InChI=1S/C11H13ClN4O/c1-13-6-2-3-10-15-11(16-17-10)9-5-4-8(12)7-14-9/h4-5,7,13H,2-3,6H2,1H3. The molecule has 0 saturated heterocycles. The van der Waals surface area contributed by atoms with E-state index < -0.39 is 0 Å². The molecule has 0 fully saturated rings. The number of nitrogens with zero attached hydrogens (tertiary/aromatic N) is 3. The fourth-order valence-electron chi connectivity index (χ4n) is 1.38. The first-order valence-corrected chi connectivity index (χ1v) is 5.76. The summed E-state index contributed by atoms with van der Waals surface area (Å²) in [7, 11) is 1.91. The van der Waals surface area contributed by atoms with Gasteiger partial charge < -0.3 is 9.84 Å². The Labute approximate surface area is 104 Å². The molecule has 0 atom stereocenters. The number of rotatable bonds is 5. The number of hydrogen-bond acceptors (Lipinski definition) is 5. The fourth-order valence-corrected chi connectivity index (χ4v) is 1.50. The van der Waals surface area contributed by atoms with Gasteiger partial charge in [-0.15, -0.1) is 0 Å². The van der Waals surface area contributed by atoms with E-state index in [-0.39, 0.29) is 0 Å². The Morgan fingerprint density at radius 3 is 3.00 bits per heavy atom. The minimum atomic E-state index is 0.501. The smallest absolute Gasteiger partial charge is 0.227 e. The van der Waals surface area contributed by atoms with E-state index in [1.54, 1.807) is 18.3 Å². The molecule has 17 heavy (non-hydrogen) atoms. The summed E-state index contributed by atoms with van der Waals surface area (Å²) in [6, 6.07) is 3.52. The maximum atomic E-state index is 5.76. The lowest BCUT2D eigenvalue weighted by molar-refractivity contribution is 0.375. The second-order valence-corrected chi connectivity index (χ2v) is 4.02. The topological polar surface area (TPSA) is 63.8 Å². The van der Waals surface area contributed by atoms with Gasteiger partial charge in [-0.05, 0) is 32.1 Å². The van der Waals surface area contributed by atoms with E-state index in [9.17, 15) is 0 Å². The zero-order chi connectivity index (χ0) is 12.1. The Kier molecular flexibility index (Phi) is 4.06. The molecule has 0 amide bonds. The van der Waals surface area contributed by atoms with E-state index in [0.29, 0.717) is 22.4 Å². The summed E-state index contributed by atoms with van der Waals surface area (Å²) in [4.78, 5) is 8.40. The normalized spacial score (nSPS) is 10.7. The number of halogens is 1. The van der Waals surface area contributed by atoms with Crippen molar-refractivity contribution < 1.29 is 4.52 Å². The van der Waals surface area contributed by atoms with Crippen LogP contribution in [0.3, 0.4) is 0 Å². The molecule has 1 N–H and O–H groups in total. The van der Waals surface area contributed by atoms with E-state index in [1.165, 1.54) is 0 Å². The molecular weight excluding hydrogens is 240 g/mol. The van der Waals surface area contributed by atoms with Gasteiger partial charge in [-0.2, -0.15) is 4.98 Å². The van der Waals surface area contributed by atoms with Crippen molar-refractivity contribution in [3.8, 4) is 11.5 Å². The molecule has 0 aliphatic carbocycles. The third kappa shape index (κ3) is 3.25. The monoisotopic (exact) mass is 252 g/mol. The van der Waals surface area contributed by atoms with E-state index in [4.69, 9.17) is 16.1 Å². The van der Waals surface area contributed by atoms with Crippen molar-refractivity contribution in [2.75, 3.05) is 13.6 Å². The maximum absolute atomic E-state index is 5.76. The van der Waals surface area contributed by atoms with Crippen LogP contribution in [0.25, 0.3) is 11.5 Å². The summed E-state index contributed by atoms with van der Waals surface area (Å²) in [5, 5.41) is 7.54. The lowest BCUT2D eigenvalue weighted by atomic mass is 10.3. The maximum Gasteiger partial charge on any atom is 0.227 e. The minimum Gasteiger partial charge on any atom is -0.339 e. The van der Waals surface area contributed by atoms with Crippen molar-refractivity contribution in [2.45, 2.75) is 12.8 Å². The number of nitrogens with one attached hydrogen (secondary N) is 1. The van der Waals surface area contributed by atoms with Gasteiger partial charge in [-0.1, -0.05) is 16.8 Å². The van der Waals surface area contributed by atoms with Crippen LogP contribution in [-0.2, 0) is 6.42 Å². The van der Waals surface area contributed by atoms with Crippen molar-refractivity contribution in [2.24, 2.45) is 0 Å². The Hall–Kier alpha value is -1.46. The van der Waals surface area contributed by atoms with Crippen LogP contribution < -0.4 is 5.32 Å². The summed E-state index contributed by atoms with van der Waals surface area (Å²) in [5.74, 6) is 1.13. The first-order valence-electron chi connectivity index (χ1n) is 5.38. The third-order valence-corrected chi connectivity index (χ3v) is 2.47. The van der Waals surface area contributed by atoms with Crippen LogP contribution in [0.15, 0.2) is 22.9 Å². The van der Waals surface area contributed by atoms with Gasteiger partial charge in [0.15, 0.2) is 0 Å².